The van der Waals surface area contributed by atoms with E-state index in [2.05, 4.69) is 5.32 Å². The van der Waals surface area contributed by atoms with Crippen molar-refractivity contribution < 1.29 is 22.8 Å². The molecule has 0 bridgehead atoms. The first kappa shape index (κ1) is 19.0. The van der Waals surface area contributed by atoms with Crippen LogP contribution in [0, 0.1) is 5.41 Å². The van der Waals surface area contributed by atoms with E-state index in [0.29, 0.717) is 0 Å². The predicted molar refractivity (Wildman–Crippen MR) is 80.5 cm³/mol. The van der Waals surface area contributed by atoms with Crippen LogP contribution in [0.25, 0.3) is 0 Å². The maximum Gasteiger partial charge on any atom is 0.416 e. The Kier molecular flexibility index (Phi) is 5.80. The number of amides is 2. The zero-order valence-electron chi connectivity index (χ0n) is 13.3. The number of primary amides is 1. The number of alkyl halides is 3. The Hall–Kier alpha value is -2.05. The van der Waals surface area contributed by atoms with Crippen molar-refractivity contribution in [2.45, 2.75) is 39.3 Å². The highest BCUT2D eigenvalue weighted by Gasteiger charge is 2.35. The third-order valence-electron chi connectivity index (χ3n) is 3.35. The molecule has 0 spiro atoms. The fourth-order valence-electron chi connectivity index (χ4n) is 2.35. The van der Waals surface area contributed by atoms with Gasteiger partial charge >= 0.3 is 6.18 Å². The summed E-state index contributed by atoms with van der Waals surface area (Å²) in [6, 6.07) is 4.74. The van der Waals surface area contributed by atoms with Crippen molar-refractivity contribution in [3.8, 4) is 0 Å². The van der Waals surface area contributed by atoms with Crippen LogP contribution in [-0.4, -0.2) is 18.4 Å². The van der Waals surface area contributed by atoms with Crippen molar-refractivity contribution in [1.82, 2.24) is 5.32 Å². The summed E-state index contributed by atoms with van der Waals surface area (Å²) >= 11 is 0. The minimum atomic E-state index is -4.47. The van der Waals surface area contributed by atoms with Gasteiger partial charge in [-0.2, -0.15) is 13.2 Å². The van der Waals surface area contributed by atoms with Crippen molar-refractivity contribution in [1.29, 1.82) is 0 Å². The van der Waals surface area contributed by atoms with Gasteiger partial charge in [0.1, 0.15) is 0 Å². The number of nitrogens with one attached hydrogen (secondary N) is 1. The van der Waals surface area contributed by atoms with Crippen LogP contribution in [-0.2, 0) is 15.8 Å². The minimum Gasteiger partial charge on any atom is -0.370 e. The molecule has 1 aromatic carbocycles. The monoisotopic (exact) mass is 330 g/mol. The van der Waals surface area contributed by atoms with Crippen molar-refractivity contribution in [2.75, 3.05) is 6.54 Å². The van der Waals surface area contributed by atoms with Crippen LogP contribution in [0.2, 0.25) is 0 Å². The fourth-order valence-corrected chi connectivity index (χ4v) is 2.35. The molecule has 1 atom stereocenters. The van der Waals surface area contributed by atoms with Crippen molar-refractivity contribution in [3.05, 3.63) is 35.4 Å². The number of hydrogen-bond donors (Lipinski definition) is 2. The van der Waals surface area contributed by atoms with Crippen LogP contribution in [0.5, 0.6) is 0 Å². The van der Waals surface area contributed by atoms with E-state index in [1.807, 2.05) is 0 Å². The third-order valence-corrected chi connectivity index (χ3v) is 3.35. The van der Waals surface area contributed by atoms with Gasteiger partial charge in [-0.1, -0.05) is 39.0 Å². The van der Waals surface area contributed by atoms with Crippen LogP contribution < -0.4 is 11.1 Å². The van der Waals surface area contributed by atoms with E-state index in [9.17, 15) is 22.8 Å². The van der Waals surface area contributed by atoms with E-state index in [1.165, 1.54) is 12.1 Å². The van der Waals surface area contributed by atoms with Gasteiger partial charge in [-0.25, -0.2) is 0 Å². The number of carbonyl (C=O) groups excluding carboxylic acids is 2. The quantitative estimate of drug-likeness (QED) is 0.871. The minimum absolute atomic E-state index is 0.0226. The summed E-state index contributed by atoms with van der Waals surface area (Å²) in [5.74, 6) is -1.77. The van der Waals surface area contributed by atoms with E-state index >= 15 is 0 Å². The smallest absolute Gasteiger partial charge is 0.370 e. The molecule has 0 saturated carbocycles. The molecule has 3 N–H and O–H groups in total. The lowest BCUT2D eigenvalue weighted by Crippen LogP contribution is -2.37. The molecule has 1 rings (SSSR count). The SMILES string of the molecule is CC(C)(C)C(C(=O)NCCC(N)=O)c1cccc(C(F)(F)F)c1. The molecule has 2 amide bonds. The lowest BCUT2D eigenvalue weighted by Gasteiger charge is -2.30. The Labute approximate surface area is 133 Å². The second-order valence-corrected chi connectivity index (χ2v) is 6.43. The van der Waals surface area contributed by atoms with E-state index in [0.717, 1.165) is 12.1 Å². The summed E-state index contributed by atoms with van der Waals surface area (Å²) in [6.45, 7) is 5.36. The molecule has 4 nitrogen and oxygen atoms in total. The van der Waals surface area contributed by atoms with Gasteiger partial charge in [0.05, 0.1) is 11.5 Å². The Morgan fingerprint density at radius 2 is 1.83 bits per heavy atom. The van der Waals surface area contributed by atoms with Gasteiger partial charge in [-0.05, 0) is 17.0 Å². The standard InChI is InChI=1S/C16H21F3N2O2/c1-15(2,3)13(14(23)21-8-7-12(20)22)10-5-4-6-11(9-10)16(17,18)19/h4-6,9,13H,7-8H2,1-3H3,(H2,20,22)(H,21,23). The van der Waals surface area contributed by atoms with Gasteiger partial charge in [-0.3, -0.25) is 9.59 Å². The fraction of sp³-hybridized carbons (Fsp3) is 0.500. The molecule has 0 aliphatic rings. The van der Waals surface area contributed by atoms with Crippen molar-refractivity contribution >= 4 is 11.8 Å². The average Bonchev–Trinajstić information content (AvgIpc) is 2.36. The lowest BCUT2D eigenvalue weighted by atomic mass is 9.75. The maximum absolute atomic E-state index is 12.9. The van der Waals surface area contributed by atoms with Crippen LogP contribution in [0.3, 0.4) is 0 Å². The van der Waals surface area contributed by atoms with E-state index in [4.69, 9.17) is 5.73 Å². The van der Waals surface area contributed by atoms with Crippen molar-refractivity contribution in [2.24, 2.45) is 11.1 Å². The highest BCUT2D eigenvalue weighted by atomic mass is 19.4. The number of carbonyl (C=O) groups is 2. The van der Waals surface area contributed by atoms with E-state index < -0.39 is 34.9 Å². The molecule has 0 aromatic heterocycles. The topological polar surface area (TPSA) is 72.2 Å². The van der Waals surface area contributed by atoms with Gasteiger partial charge in [0.2, 0.25) is 11.8 Å². The maximum atomic E-state index is 12.9. The molecule has 0 radical (unpaired) electrons. The summed E-state index contributed by atoms with van der Waals surface area (Å²) < 4.78 is 38.6. The summed E-state index contributed by atoms with van der Waals surface area (Å²) in [7, 11) is 0. The number of hydrogen-bond acceptors (Lipinski definition) is 2. The summed E-state index contributed by atoms with van der Waals surface area (Å²) in [4.78, 5) is 23.1. The molecule has 1 unspecified atom stereocenters. The molecule has 0 aliphatic carbocycles. The van der Waals surface area contributed by atoms with Crippen LogP contribution in [0.4, 0.5) is 13.2 Å². The molecule has 23 heavy (non-hydrogen) atoms. The number of nitrogens with two attached hydrogens (primary N) is 1. The van der Waals surface area contributed by atoms with Crippen LogP contribution in [0.15, 0.2) is 24.3 Å². The second kappa shape index (κ2) is 7.02. The molecular weight excluding hydrogens is 309 g/mol. The summed E-state index contributed by atoms with van der Waals surface area (Å²) in [6.07, 6.45) is -4.49. The number of halogens is 3. The van der Waals surface area contributed by atoms with Gasteiger partial charge in [0.25, 0.3) is 0 Å². The Morgan fingerprint density at radius 3 is 2.30 bits per heavy atom. The lowest BCUT2D eigenvalue weighted by molar-refractivity contribution is -0.138. The Balaban J connectivity index is 3.08. The molecule has 0 fully saturated rings. The zero-order chi connectivity index (χ0) is 17.8. The van der Waals surface area contributed by atoms with E-state index in [-0.39, 0.29) is 18.5 Å². The molecule has 7 heteroatoms. The zero-order valence-corrected chi connectivity index (χ0v) is 13.3. The van der Waals surface area contributed by atoms with E-state index in [1.54, 1.807) is 20.8 Å². The molecule has 1 aromatic rings. The predicted octanol–water partition coefficient (Wildman–Crippen LogP) is 2.83. The van der Waals surface area contributed by atoms with Crippen molar-refractivity contribution in [3.63, 3.8) is 0 Å². The first-order valence-electron chi connectivity index (χ1n) is 7.16. The normalized spacial score (nSPS) is 13.5. The van der Waals surface area contributed by atoms with Gasteiger partial charge in [-0.15, -0.1) is 0 Å². The van der Waals surface area contributed by atoms with Crippen LogP contribution >= 0.6 is 0 Å². The molecule has 128 valence electrons. The Morgan fingerprint density at radius 1 is 1.22 bits per heavy atom. The average molecular weight is 330 g/mol. The highest BCUT2D eigenvalue weighted by Crippen LogP contribution is 2.38. The van der Waals surface area contributed by atoms with Crippen LogP contribution in [0.1, 0.15) is 44.2 Å². The largest absolute Gasteiger partial charge is 0.416 e. The first-order chi connectivity index (χ1) is 10.4. The molecular formula is C16H21F3N2O2. The summed E-state index contributed by atoms with van der Waals surface area (Å²) in [5.41, 5.74) is 3.89. The molecule has 0 aliphatic heterocycles. The number of benzene rings is 1. The number of rotatable bonds is 5. The van der Waals surface area contributed by atoms with Gasteiger partial charge in [0.15, 0.2) is 0 Å². The first-order valence-corrected chi connectivity index (χ1v) is 7.16. The Bertz CT molecular complexity index is 577. The second-order valence-electron chi connectivity index (χ2n) is 6.43. The molecule has 0 saturated heterocycles. The summed E-state index contributed by atoms with van der Waals surface area (Å²) in [5, 5.41) is 2.56. The van der Waals surface area contributed by atoms with Gasteiger partial charge < -0.3 is 11.1 Å². The third kappa shape index (κ3) is 5.58. The molecule has 0 heterocycles. The van der Waals surface area contributed by atoms with Gasteiger partial charge in [0, 0.05) is 13.0 Å². The highest BCUT2D eigenvalue weighted by molar-refractivity contribution is 5.85.